The van der Waals surface area contributed by atoms with Crippen molar-refractivity contribution in [3.63, 3.8) is 0 Å². The Morgan fingerprint density at radius 3 is 2.44 bits per heavy atom. The minimum Gasteiger partial charge on any atom is -0.335 e. The zero-order chi connectivity index (χ0) is 19.0. The quantitative estimate of drug-likeness (QED) is 0.689. The number of carbonyl (C=O) groups is 1. The van der Waals surface area contributed by atoms with E-state index in [9.17, 15) is 4.79 Å². The molecule has 0 unspecified atom stereocenters. The Bertz CT molecular complexity index is 901. The molecule has 0 radical (unpaired) electrons. The molecule has 2 aromatic heterocycles. The van der Waals surface area contributed by atoms with E-state index in [4.69, 9.17) is 0 Å². The first kappa shape index (κ1) is 18.2. The van der Waals surface area contributed by atoms with Gasteiger partial charge in [-0.3, -0.25) is 14.1 Å². The van der Waals surface area contributed by atoms with E-state index in [1.54, 1.807) is 0 Å². The third kappa shape index (κ3) is 3.92. The van der Waals surface area contributed by atoms with Gasteiger partial charge in [-0.1, -0.05) is 49.4 Å². The molecule has 1 aliphatic heterocycles. The number of nitrogens with zero attached hydrogens (tertiary/aromatic N) is 4. The van der Waals surface area contributed by atoms with Crippen LogP contribution < -0.4 is 0 Å². The summed E-state index contributed by atoms with van der Waals surface area (Å²) in [6, 6.07) is 8.93. The van der Waals surface area contributed by atoms with Crippen molar-refractivity contribution in [3.8, 4) is 0 Å². The molecule has 1 fully saturated rings. The van der Waals surface area contributed by atoms with Crippen LogP contribution in [0.1, 0.15) is 46.3 Å². The number of imidazole rings is 1. The second kappa shape index (κ2) is 7.44. The fourth-order valence-corrected chi connectivity index (χ4v) is 4.52. The second-order valence-electron chi connectivity index (χ2n) is 7.63. The number of aromatic nitrogens is 2. The first-order valence-corrected chi connectivity index (χ1v) is 10.4. The van der Waals surface area contributed by atoms with Crippen LogP contribution in [0.25, 0.3) is 4.96 Å². The first-order valence-electron chi connectivity index (χ1n) is 9.55. The van der Waals surface area contributed by atoms with E-state index in [0.717, 1.165) is 48.3 Å². The topological polar surface area (TPSA) is 40.9 Å². The fraction of sp³-hybridized carbons (Fsp3) is 0.429. The van der Waals surface area contributed by atoms with Crippen molar-refractivity contribution in [3.05, 3.63) is 58.4 Å². The van der Waals surface area contributed by atoms with Gasteiger partial charge in [0.25, 0.3) is 5.91 Å². The summed E-state index contributed by atoms with van der Waals surface area (Å²) < 4.78 is 1.95. The number of hydrogen-bond donors (Lipinski definition) is 0. The summed E-state index contributed by atoms with van der Waals surface area (Å²) in [4.78, 5) is 23.3. The Morgan fingerprint density at radius 2 is 1.81 bits per heavy atom. The standard InChI is InChI=1S/C21H26N4OS/c1-15(2)18-6-4-17(5-7-18)13-23-8-10-24(11-9-23)20(26)19-14-25-12-16(3)22-21(25)27-19/h4-7,12,14-15H,8-11,13H2,1-3H3. The molecule has 3 heterocycles. The van der Waals surface area contributed by atoms with Crippen LogP contribution in [-0.4, -0.2) is 51.3 Å². The highest BCUT2D eigenvalue weighted by Gasteiger charge is 2.24. The average molecular weight is 383 g/mol. The summed E-state index contributed by atoms with van der Waals surface area (Å²) in [6.45, 7) is 10.8. The summed E-state index contributed by atoms with van der Waals surface area (Å²) >= 11 is 1.47. The monoisotopic (exact) mass is 382 g/mol. The van der Waals surface area contributed by atoms with Gasteiger partial charge < -0.3 is 4.90 Å². The summed E-state index contributed by atoms with van der Waals surface area (Å²) in [5.41, 5.74) is 3.70. The van der Waals surface area contributed by atoms with Gasteiger partial charge in [0, 0.05) is 45.1 Å². The van der Waals surface area contributed by atoms with Crippen molar-refractivity contribution in [2.24, 2.45) is 0 Å². The van der Waals surface area contributed by atoms with Gasteiger partial charge >= 0.3 is 0 Å². The van der Waals surface area contributed by atoms with E-state index >= 15 is 0 Å². The smallest absolute Gasteiger partial charge is 0.265 e. The largest absolute Gasteiger partial charge is 0.335 e. The minimum atomic E-state index is 0.129. The Balaban J connectivity index is 1.33. The van der Waals surface area contributed by atoms with Crippen LogP contribution in [0.15, 0.2) is 36.7 Å². The highest BCUT2D eigenvalue weighted by atomic mass is 32.1. The maximum atomic E-state index is 12.8. The number of piperazine rings is 1. The van der Waals surface area contributed by atoms with Gasteiger partial charge in [-0.25, -0.2) is 4.98 Å². The molecular formula is C21H26N4OS. The molecule has 1 amide bonds. The molecule has 0 atom stereocenters. The van der Waals surface area contributed by atoms with Gasteiger partial charge in [-0.15, -0.1) is 0 Å². The first-order chi connectivity index (χ1) is 13.0. The molecule has 0 spiro atoms. The van der Waals surface area contributed by atoms with Crippen molar-refractivity contribution in [1.82, 2.24) is 19.2 Å². The molecule has 142 valence electrons. The number of thiazole rings is 1. The Hall–Kier alpha value is -2.18. The van der Waals surface area contributed by atoms with Crippen LogP contribution in [0.4, 0.5) is 0 Å². The van der Waals surface area contributed by atoms with Gasteiger partial charge in [-0.2, -0.15) is 0 Å². The predicted octanol–water partition coefficient (Wildman–Crippen LogP) is 3.79. The Morgan fingerprint density at radius 1 is 1.11 bits per heavy atom. The predicted molar refractivity (Wildman–Crippen MR) is 110 cm³/mol. The zero-order valence-electron chi connectivity index (χ0n) is 16.2. The second-order valence-corrected chi connectivity index (χ2v) is 8.64. The highest BCUT2D eigenvalue weighted by Crippen LogP contribution is 2.21. The van der Waals surface area contributed by atoms with Crippen LogP contribution >= 0.6 is 11.3 Å². The number of benzene rings is 1. The van der Waals surface area contributed by atoms with Gasteiger partial charge in [-0.05, 0) is 24.0 Å². The van der Waals surface area contributed by atoms with Crippen molar-refractivity contribution in [2.75, 3.05) is 26.2 Å². The molecule has 0 N–H and O–H groups in total. The zero-order valence-corrected chi connectivity index (χ0v) is 17.0. The van der Waals surface area contributed by atoms with Gasteiger partial charge in [0.05, 0.1) is 5.69 Å². The molecule has 5 nitrogen and oxygen atoms in total. The van der Waals surface area contributed by atoms with Crippen LogP contribution in [0.2, 0.25) is 0 Å². The third-order valence-corrected chi connectivity index (χ3v) is 6.18. The van der Waals surface area contributed by atoms with Crippen molar-refractivity contribution < 1.29 is 4.79 Å². The van der Waals surface area contributed by atoms with Gasteiger partial charge in [0.2, 0.25) is 0 Å². The normalized spacial score (nSPS) is 15.8. The number of aryl methyl sites for hydroxylation is 1. The van der Waals surface area contributed by atoms with E-state index in [1.807, 2.05) is 28.6 Å². The maximum Gasteiger partial charge on any atom is 0.265 e. The van der Waals surface area contributed by atoms with Crippen LogP contribution in [0.5, 0.6) is 0 Å². The molecule has 27 heavy (non-hydrogen) atoms. The van der Waals surface area contributed by atoms with Crippen molar-refractivity contribution in [2.45, 2.75) is 33.2 Å². The summed E-state index contributed by atoms with van der Waals surface area (Å²) in [7, 11) is 0. The van der Waals surface area contributed by atoms with E-state index < -0.39 is 0 Å². The van der Waals surface area contributed by atoms with E-state index in [0.29, 0.717) is 5.92 Å². The number of carbonyl (C=O) groups excluding carboxylic acids is 1. The van der Waals surface area contributed by atoms with E-state index in [-0.39, 0.29) is 5.91 Å². The lowest BCUT2D eigenvalue weighted by atomic mass is 10.0. The highest BCUT2D eigenvalue weighted by molar-refractivity contribution is 7.18. The molecule has 1 aromatic carbocycles. The Kier molecular flexibility index (Phi) is 5.02. The summed E-state index contributed by atoms with van der Waals surface area (Å²) in [6.07, 6.45) is 3.87. The molecule has 6 heteroatoms. The average Bonchev–Trinajstić information content (AvgIpc) is 3.19. The summed E-state index contributed by atoms with van der Waals surface area (Å²) in [5, 5.41) is 0. The Labute approximate surface area is 164 Å². The van der Waals surface area contributed by atoms with Crippen LogP contribution in [0.3, 0.4) is 0 Å². The van der Waals surface area contributed by atoms with Crippen molar-refractivity contribution >= 4 is 22.2 Å². The molecular weight excluding hydrogens is 356 g/mol. The third-order valence-electron chi connectivity index (χ3n) is 5.20. The minimum absolute atomic E-state index is 0.129. The lowest BCUT2D eigenvalue weighted by Gasteiger charge is -2.34. The lowest BCUT2D eigenvalue weighted by molar-refractivity contribution is 0.0633. The lowest BCUT2D eigenvalue weighted by Crippen LogP contribution is -2.48. The SMILES string of the molecule is Cc1cn2cc(C(=O)N3CCN(Cc4ccc(C(C)C)cc4)CC3)sc2n1. The number of fused-ring (bicyclic) bond motifs is 1. The molecule has 4 rings (SSSR count). The number of hydrogen-bond acceptors (Lipinski definition) is 4. The van der Waals surface area contributed by atoms with Gasteiger partial charge in [0.15, 0.2) is 4.96 Å². The molecule has 0 bridgehead atoms. The maximum absolute atomic E-state index is 12.8. The number of rotatable bonds is 4. The van der Waals surface area contributed by atoms with Crippen LogP contribution in [-0.2, 0) is 6.54 Å². The van der Waals surface area contributed by atoms with E-state index in [2.05, 4.69) is 48.0 Å². The van der Waals surface area contributed by atoms with Crippen LogP contribution in [0, 0.1) is 6.92 Å². The van der Waals surface area contributed by atoms with E-state index in [1.165, 1.54) is 22.5 Å². The summed E-state index contributed by atoms with van der Waals surface area (Å²) in [5.74, 6) is 0.696. The molecule has 0 aliphatic carbocycles. The molecule has 0 saturated carbocycles. The molecule has 1 aliphatic rings. The van der Waals surface area contributed by atoms with Gasteiger partial charge in [0.1, 0.15) is 4.88 Å². The van der Waals surface area contributed by atoms with Crippen molar-refractivity contribution in [1.29, 1.82) is 0 Å². The molecule has 1 saturated heterocycles. The molecule has 3 aromatic rings. The number of amides is 1. The fourth-order valence-electron chi connectivity index (χ4n) is 3.54.